The first-order valence-corrected chi connectivity index (χ1v) is 12.0. The summed E-state index contributed by atoms with van der Waals surface area (Å²) in [5.41, 5.74) is 1.08. The van der Waals surface area contributed by atoms with Crippen molar-refractivity contribution in [3.05, 3.63) is 42.5 Å². The lowest BCUT2D eigenvalue weighted by atomic mass is 9.84. The van der Waals surface area contributed by atoms with Gasteiger partial charge in [-0.3, -0.25) is 9.59 Å². The molecule has 7 nitrogen and oxygen atoms in total. The number of piperidine rings is 2. The van der Waals surface area contributed by atoms with E-state index in [1.807, 2.05) is 42.7 Å². The van der Waals surface area contributed by atoms with Crippen LogP contribution in [0.5, 0.6) is 0 Å². The molecule has 2 aliphatic heterocycles. The zero-order chi connectivity index (χ0) is 24.0. The molecule has 2 atom stereocenters. The van der Waals surface area contributed by atoms with Crippen molar-refractivity contribution < 1.29 is 19.1 Å². The third-order valence-electron chi connectivity index (χ3n) is 6.29. The van der Waals surface area contributed by atoms with Crippen molar-refractivity contribution in [1.29, 1.82) is 0 Å². The Balaban J connectivity index is 1.63. The van der Waals surface area contributed by atoms with Gasteiger partial charge in [0, 0.05) is 31.4 Å². The van der Waals surface area contributed by atoms with E-state index in [2.05, 4.69) is 11.9 Å². The summed E-state index contributed by atoms with van der Waals surface area (Å²) >= 11 is 0. The van der Waals surface area contributed by atoms with E-state index >= 15 is 0 Å². The zero-order valence-electron chi connectivity index (χ0n) is 20.1. The quantitative estimate of drug-likeness (QED) is 0.668. The minimum atomic E-state index is -0.513. The fourth-order valence-corrected chi connectivity index (χ4v) is 4.75. The maximum Gasteiger partial charge on any atom is 0.410 e. The van der Waals surface area contributed by atoms with Crippen LogP contribution in [0.2, 0.25) is 0 Å². The number of ether oxygens (including phenoxy) is 1. The summed E-state index contributed by atoms with van der Waals surface area (Å²) in [4.78, 5) is 41.2. The summed E-state index contributed by atoms with van der Waals surface area (Å²) in [6.45, 7) is 11.2. The highest BCUT2D eigenvalue weighted by Crippen LogP contribution is 2.31. The Morgan fingerprint density at radius 2 is 1.82 bits per heavy atom. The van der Waals surface area contributed by atoms with Crippen LogP contribution in [-0.2, 0) is 20.7 Å². The monoisotopic (exact) mass is 455 g/mol. The van der Waals surface area contributed by atoms with Crippen molar-refractivity contribution >= 4 is 23.6 Å². The minimum Gasteiger partial charge on any atom is -0.444 e. The normalized spacial score (nSPS) is 21.3. The van der Waals surface area contributed by atoms with E-state index in [1.165, 1.54) is 6.08 Å². The van der Waals surface area contributed by atoms with Gasteiger partial charge >= 0.3 is 6.09 Å². The summed E-state index contributed by atoms with van der Waals surface area (Å²) in [5, 5.41) is 2.72. The predicted molar refractivity (Wildman–Crippen MR) is 129 cm³/mol. The lowest BCUT2D eigenvalue weighted by Gasteiger charge is -2.44. The van der Waals surface area contributed by atoms with Gasteiger partial charge in [-0.2, -0.15) is 0 Å². The van der Waals surface area contributed by atoms with E-state index in [0.29, 0.717) is 25.2 Å². The first kappa shape index (κ1) is 24.8. The van der Waals surface area contributed by atoms with Gasteiger partial charge in [0.2, 0.25) is 11.8 Å². The number of carbonyl (C=O) groups is 3. The molecule has 1 aromatic rings. The molecule has 2 saturated heterocycles. The van der Waals surface area contributed by atoms with E-state index in [9.17, 15) is 14.4 Å². The molecular formula is C26H37N3O4. The summed E-state index contributed by atoms with van der Waals surface area (Å²) < 4.78 is 5.58. The molecular weight excluding hydrogens is 418 g/mol. The Labute approximate surface area is 197 Å². The second-order valence-corrected chi connectivity index (χ2v) is 10.0. The van der Waals surface area contributed by atoms with Crippen molar-refractivity contribution in [2.24, 2.45) is 5.92 Å². The molecule has 1 N–H and O–H groups in total. The third-order valence-corrected chi connectivity index (χ3v) is 6.29. The molecule has 0 aliphatic carbocycles. The molecule has 1 aromatic carbocycles. The lowest BCUT2D eigenvalue weighted by molar-refractivity contribution is -0.136. The number of rotatable bonds is 5. The molecule has 0 aromatic heterocycles. The maximum absolute atomic E-state index is 13.3. The zero-order valence-corrected chi connectivity index (χ0v) is 20.1. The molecule has 2 unspecified atom stereocenters. The first-order valence-electron chi connectivity index (χ1n) is 12.0. The van der Waals surface area contributed by atoms with Crippen LogP contribution in [0.25, 0.3) is 0 Å². The predicted octanol–water partition coefficient (Wildman–Crippen LogP) is 4.38. The van der Waals surface area contributed by atoms with Crippen molar-refractivity contribution in [2.75, 3.05) is 25.0 Å². The van der Waals surface area contributed by atoms with Crippen LogP contribution >= 0.6 is 0 Å². The molecule has 7 heteroatoms. The molecule has 3 amide bonds. The van der Waals surface area contributed by atoms with Crippen molar-refractivity contribution in [2.45, 2.75) is 70.9 Å². The molecule has 2 fully saturated rings. The van der Waals surface area contributed by atoms with Crippen molar-refractivity contribution in [1.82, 2.24) is 9.80 Å². The SMILES string of the molecule is C=CC(=O)Nc1ccc(CC(=O)N2CCCCC2C2CCCN(C(=O)OC(C)(C)C)C2)cc1. The highest BCUT2D eigenvalue weighted by molar-refractivity contribution is 5.98. The number of carbonyl (C=O) groups excluding carboxylic acids is 3. The topological polar surface area (TPSA) is 79.0 Å². The Morgan fingerprint density at radius 1 is 1.09 bits per heavy atom. The number of hydrogen-bond acceptors (Lipinski definition) is 4. The van der Waals surface area contributed by atoms with Gasteiger partial charge in [-0.05, 0) is 82.6 Å². The van der Waals surface area contributed by atoms with Crippen LogP contribution < -0.4 is 5.32 Å². The van der Waals surface area contributed by atoms with Crippen LogP contribution in [-0.4, -0.2) is 59.0 Å². The number of anilines is 1. The van der Waals surface area contributed by atoms with Gasteiger partial charge < -0.3 is 19.9 Å². The summed E-state index contributed by atoms with van der Waals surface area (Å²) in [6.07, 6.45) is 6.34. The van der Waals surface area contributed by atoms with Gasteiger partial charge in [-0.1, -0.05) is 18.7 Å². The van der Waals surface area contributed by atoms with Gasteiger partial charge in [0.15, 0.2) is 0 Å². The standard InChI is InChI=1S/C26H37N3O4/c1-5-23(30)27-21-13-11-19(12-14-21)17-24(31)29-16-7-6-10-22(29)20-9-8-15-28(18-20)25(32)33-26(2,3)4/h5,11-14,20,22H,1,6-10,15-18H2,2-4H3,(H,27,30). The van der Waals surface area contributed by atoms with E-state index in [1.54, 1.807) is 12.1 Å². The van der Waals surface area contributed by atoms with Gasteiger partial charge in [0.25, 0.3) is 0 Å². The molecule has 0 radical (unpaired) electrons. The van der Waals surface area contributed by atoms with Gasteiger partial charge in [0.1, 0.15) is 5.60 Å². The van der Waals surface area contributed by atoms with Crippen molar-refractivity contribution in [3.8, 4) is 0 Å². The molecule has 33 heavy (non-hydrogen) atoms. The summed E-state index contributed by atoms with van der Waals surface area (Å²) in [7, 11) is 0. The van der Waals surface area contributed by atoms with Crippen LogP contribution in [0.15, 0.2) is 36.9 Å². The van der Waals surface area contributed by atoms with Crippen LogP contribution in [0, 0.1) is 5.92 Å². The fraction of sp³-hybridized carbons (Fsp3) is 0.577. The Morgan fingerprint density at radius 3 is 2.48 bits per heavy atom. The first-order chi connectivity index (χ1) is 15.7. The van der Waals surface area contributed by atoms with Crippen LogP contribution in [0.4, 0.5) is 10.5 Å². The van der Waals surface area contributed by atoms with Crippen LogP contribution in [0.3, 0.4) is 0 Å². The number of benzene rings is 1. The second kappa shape index (κ2) is 10.9. The van der Waals surface area contributed by atoms with E-state index < -0.39 is 5.60 Å². The number of likely N-dealkylation sites (tertiary alicyclic amines) is 2. The minimum absolute atomic E-state index is 0.122. The number of nitrogens with zero attached hydrogens (tertiary/aromatic N) is 2. The maximum atomic E-state index is 13.3. The fourth-order valence-electron chi connectivity index (χ4n) is 4.75. The van der Waals surface area contributed by atoms with Gasteiger partial charge in [0.05, 0.1) is 6.42 Å². The molecule has 3 rings (SSSR count). The van der Waals surface area contributed by atoms with E-state index in [-0.39, 0.29) is 29.9 Å². The molecule has 0 saturated carbocycles. The second-order valence-electron chi connectivity index (χ2n) is 10.0. The van der Waals surface area contributed by atoms with Crippen molar-refractivity contribution in [3.63, 3.8) is 0 Å². The molecule has 2 aliphatic rings. The van der Waals surface area contributed by atoms with Crippen LogP contribution in [0.1, 0.15) is 58.4 Å². The lowest BCUT2D eigenvalue weighted by Crippen LogP contribution is -2.53. The molecule has 0 spiro atoms. The molecule has 0 bridgehead atoms. The van der Waals surface area contributed by atoms with Gasteiger partial charge in [-0.15, -0.1) is 0 Å². The Hall–Kier alpha value is -2.83. The average Bonchev–Trinajstić information content (AvgIpc) is 2.79. The summed E-state index contributed by atoms with van der Waals surface area (Å²) in [6, 6.07) is 7.51. The number of amides is 3. The number of nitrogens with one attached hydrogen (secondary N) is 1. The Kier molecular flexibility index (Phi) is 8.16. The Bertz CT molecular complexity index is 859. The highest BCUT2D eigenvalue weighted by Gasteiger charge is 2.37. The van der Waals surface area contributed by atoms with Gasteiger partial charge in [-0.25, -0.2) is 4.79 Å². The largest absolute Gasteiger partial charge is 0.444 e. The smallest absolute Gasteiger partial charge is 0.410 e. The molecule has 2 heterocycles. The highest BCUT2D eigenvalue weighted by atomic mass is 16.6. The average molecular weight is 456 g/mol. The summed E-state index contributed by atoms with van der Waals surface area (Å²) in [5.74, 6) is 0.131. The molecule has 180 valence electrons. The van der Waals surface area contributed by atoms with E-state index in [0.717, 1.165) is 44.2 Å². The van der Waals surface area contributed by atoms with E-state index in [4.69, 9.17) is 4.74 Å². The third kappa shape index (κ3) is 7.07. The number of hydrogen-bond donors (Lipinski definition) is 1.